The zero-order valence-electron chi connectivity index (χ0n) is 9.78. The van der Waals surface area contributed by atoms with E-state index in [2.05, 4.69) is 42.8 Å². The Morgan fingerprint density at radius 2 is 2.24 bits per heavy atom. The summed E-state index contributed by atoms with van der Waals surface area (Å²) in [5.41, 5.74) is 1.82. The van der Waals surface area contributed by atoms with Crippen molar-refractivity contribution in [1.82, 2.24) is 19.9 Å². The maximum Gasteiger partial charge on any atom is 0.178 e. The lowest BCUT2D eigenvalue weighted by molar-refractivity contribution is 0.180. The molecule has 2 aromatic rings. The number of piperidine rings is 1. The fourth-order valence-corrected chi connectivity index (χ4v) is 2.77. The van der Waals surface area contributed by atoms with Crippen LogP contribution in [0.3, 0.4) is 0 Å². The zero-order valence-corrected chi connectivity index (χ0v) is 11.4. The molecular weight excluding hydrogens is 280 g/mol. The lowest BCUT2D eigenvalue weighted by Gasteiger charge is -2.30. The Morgan fingerprint density at radius 1 is 1.35 bits per heavy atom. The van der Waals surface area contributed by atoms with Crippen LogP contribution in [0.2, 0.25) is 0 Å². The molecule has 3 rings (SSSR count). The summed E-state index contributed by atoms with van der Waals surface area (Å²) in [5, 5.41) is 0. The van der Waals surface area contributed by atoms with Gasteiger partial charge in [-0.3, -0.25) is 4.90 Å². The number of nitrogens with zero attached hydrogens (tertiary/aromatic N) is 3. The third-order valence-electron chi connectivity index (χ3n) is 3.42. The molecule has 0 aliphatic carbocycles. The summed E-state index contributed by atoms with van der Waals surface area (Å²) in [5.74, 6) is 1.05. The van der Waals surface area contributed by atoms with Crippen LogP contribution in [-0.4, -0.2) is 33.4 Å². The molecular formula is C12H15BrN4. The van der Waals surface area contributed by atoms with Gasteiger partial charge in [0.05, 0.1) is 11.6 Å². The first-order chi connectivity index (χ1) is 8.24. The average Bonchev–Trinajstić information content (AvgIpc) is 2.72. The highest BCUT2D eigenvalue weighted by molar-refractivity contribution is 9.10. The van der Waals surface area contributed by atoms with Crippen molar-refractivity contribution >= 4 is 27.1 Å². The standard InChI is InChI=1S/C12H15BrN4/c1-17-7-3-2-4-9(17)12-14-8-5-6-10(13)15-11(8)16-12/h5-6,9H,2-4,7H2,1H3,(H,14,15,16)/t9-/m1/s1. The molecule has 0 saturated carbocycles. The van der Waals surface area contributed by atoms with E-state index in [-0.39, 0.29) is 0 Å². The second-order valence-electron chi connectivity index (χ2n) is 4.62. The molecule has 1 fully saturated rings. The SMILES string of the molecule is CN1CCCC[C@@H]1c1nc2nc(Br)ccc2[nH]1. The van der Waals surface area contributed by atoms with Gasteiger partial charge < -0.3 is 4.98 Å². The Hall–Kier alpha value is -0.940. The third-order valence-corrected chi connectivity index (χ3v) is 3.86. The van der Waals surface area contributed by atoms with E-state index in [1.165, 1.54) is 19.3 Å². The van der Waals surface area contributed by atoms with E-state index in [1.54, 1.807) is 0 Å². The monoisotopic (exact) mass is 294 g/mol. The highest BCUT2D eigenvalue weighted by atomic mass is 79.9. The molecule has 3 heterocycles. The molecule has 1 saturated heterocycles. The van der Waals surface area contributed by atoms with Crippen LogP contribution < -0.4 is 0 Å². The van der Waals surface area contributed by atoms with E-state index in [1.807, 2.05) is 12.1 Å². The molecule has 90 valence electrons. The molecule has 1 atom stereocenters. The fraction of sp³-hybridized carbons (Fsp3) is 0.500. The summed E-state index contributed by atoms with van der Waals surface area (Å²) >= 11 is 3.37. The minimum absolute atomic E-state index is 0.414. The molecule has 1 aliphatic heterocycles. The molecule has 4 nitrogen and oxygen atoms in total. The van der Waals surface area contributed by atoms with Crippen LogP contribution in [0, 0.1) is 0 Å². The fourth-order valence-electron chi connectivity index (χ4n) is 2.47. The third kappa shape index (κ3) is 2.09. The molecule has 0 spiro atoms. The Morgan fingerprint density at radius 3 is 3.06 bits per heavy atom. The number of hydrogen-bond donors (Lipinski definition) is 1. The Balaban J connectivity index is 1.99. The topological polar surface area (TPSA) is 44.8 Å². The summed E-state index contributed by atoms with van der Waals surface area (Å²) in [4.78, 5) is 14.7. The first-order valence-electron chi connectivity index (χ1n) is 5.96. The van der Waals surface area contributed by atoms with Gasteiger partial charge in [-0.05, 0) is 54.5 Å². The second kappa shape index (κ2) is 4.38. The molecule has 5 heteroatoms. The summed E-state index contributed by atoms with van der Waals surface area (Å²) in [6.45, 7) is 1.15. The van der Waals surface area contributed by atoms with Crippen molar-refractivity contribution in [2.45, 2.75) is 25.3 Å². The molecule has 0 unspecified atom stereocenters. The number of aromatic amines is 1. The predicted molar refractivity (Wildman–Crippen MR) is 70.8 cm³/mol. The van der Waals surface area contributed by atoms with Crippen LogP contribution >= 0.6 is 15.9 Å². The van der Waals surface area contributed by atoms with Crippen molar-refractivity contribution < 1.29 is 0 Å². The first-order valence-corrected chi connectivity index (χ1v) is 6.76. The smallest absolute Gasteiger partial charge is 0.178 e. The second-order valence-corrected chi connectivity index (χ2v) is 5.43. The van der Waals surface area contributed by atoms with Gasteiger partial charge in [0.15, 0.2) is 5.65 Å². The number of hydrogen-bond acceptors (Lipinski definition) is 3. The number of aromatic nitrogens is 3. The van der Waals surface area contributed by atoms with Gasteiger partial charge in [0.1, 0.15) is 10.4 Å². The van der Waals surface area contributed by atoms with Crippen LogP contribution in [0.1, 0.15) is 31.1 Å². The van der Waals surface area contributed by atoms with Crippen molar-refractivity contribution in [3.63, 3.8) is 0 Å². The Labute approximate surface area is 109 Å². The molecule has 0 bridgehead atoms. The van der Waals surface area contributed by atoms with E-state index in [0.717, 1.165) is 28.1 Å². The van der Waals surface area contributed by atoms with Crippen molar-refractivity contribution in [1.29, 1.82) is 0 Å². The molecule has 0 radical (unpaired) electrons. The minimum Gasteiger partial charge on any atom is -0.339 e. The molecule has 2 aromatic heterocycles. The van der Waals surface area contributed by atoms with Gasteiger partial charge >= 0.3 is 0 Å². The lowest BCUT2D eigenvalue weighted by Crippen LogP contribution is -2.30. The number of halogens is 1. The number of nitrogens with one attached hydrogen (secondary N) is 1. The van der Waals surface area contributed by atoms with Gasteiger partial charge in [-0.15, -0.1) is 0 Å². The highest BCUT2D eigenvalue weighted by Crippen LogP contribution is 2.28. The normalized spacial score (nSPS) is 22.1. The van der Waals surface area contributed by atoms with Gasteiger partial charge in [-0.1, -0.05) is 6.42 Å². The summed E-state index contributed by atoms with van der Waals surface area (Å²) in [6, 6.07) is 4.37. The van der Waals surface area contributed by atoms with E-state index in [0.29, 0.717) is 6.04 Å². The predicted octanol–water partition coefficient (Wildman–Crippen LogP) is 2.88. The van der Waals surface area contributed by atoms with Crippen LogP contribution in [0.25, 0.3) is 11.2 Å². The Bertz CT molecular complexity index is 536. The number of H-pyrrole nitrogens is 1. The Kier molecular flexibility index (Phi) is 2.88. The van der Waals surface area contributed by atoms with Crippen molar-refractivity contribution in [3.8, 4) is 0 Å². The van der Waals surface area contributed by atoms with Crippen LogP contribution in [0.4, 0.5) is 0 Å². The molecule has 1 aliphatic rings. The van der Waals surface area contributed by atoms with Gasteiger partial charge in [-0.25, -0.2) is 9.97 Å². The average molecular weight is 295 g/mol. The molecule has 0 amide bonds. The number of imidazole rings is 1. The van der Waals surface area contributed by atoms with E-state index >= 15 is 0 Å². The van der Waals surface area contributed by atoms with E-state index in [9.17, 15) is 0 Å². The van der Waals surface area contributed by atoms with Crippen molar-refractivity contribution in [2.75, 3.05) is 13.6 Å². The molecule has 1 N–H and O–H groups in total. The van der Waals surface area contributed by atoms with Crippen LogP contribution in [-0.2, 0) is 0 Å². The lowest BCUT2D eigenvalue weighted by atomic mass is 10.0. The van der Waals surface area contributed by atoms with Crippen molar-refractivity contribution in [2.24, 2.45) is 0 Å². The van der Waals surface area contributed by atoms with Gasteiger partial charge in [0.2, 0.25) is 0 Å². The van der Waals surface area contributed by atoms with Gasteiger partial charge in [-0.2, -0.15) is 0 Å². The summed E-state index contributed by atoms with van der Waals surface area (Å²) in [6.07, 6.45) is 3.75. The van der Waals surface area contributed by atoms with E-state index in [4.69, 9.17) is 0 Å². The molecule has 0 aromatic carbocycles. The maximum absolute atomic E-state index is 4.61. The zero-order chi connectivity index (χ0) is 11.8. The van der Waals surface area contributed by atoms with E-state index < -0.39 is 0 Å². The number of fused-ring (bicyclic) bond motifs is 1. The van der Waals surface area contributed by atoms with Crippen molar-refractivity contribution in [3.05, 3.63) is 22.6 Å². The minimum atomic E-state index is 0.414. The van der Waals surface area contributed by atoms with Crippen LogP contribution in [0.15, 0.2) is 16.7 Å². The van der Waals surface area contributed by atoms with Gasteiger partial charge in [0.25, 0.3) is 0 Å². The molecule has 17 heavy (non-hydrogen) atoms. The van der Waals surface area contributed by atoms with Gasteiger partial charge in [0, 0.05) is 0 Å². The number of pyridine rings is 1. The first kappa shape index (κ1) is 11.2. The summed E-state index contributed by atoms with van der Waals surface area (Å²) < 4.78 is 0.833. The highest BCUT2D eigenvalue weighted by Gasteiger charge is 2.23. The number of rotatable bonds is 1. The quantitative estimate of drug-likeness (QED) is 0.823. The summed E-state index contributed by atoms with van der Waals surface area (Å²) in [7, 11) is 2.17. The van der Waals surface area contributed by atoms with Crippen LogP contribution in [0.5, 0.6) is 0 Å². The maximum atomic E-state index is 4.61. The largest absolute Gasteiger partial charge is 0.339 e. The number of likely N-dealkylation sites (tertiary alicyclic amines) is 1.